The predicted molar refractivity (Wildman–Crippen MR) is 86.8 cm³/mol. The monoisotopic (exact) mass is 330 g/mol. The summed E-state index contributed by atoms with van der Waals surface area (Å²) in [6, 6.07) is 7.56. The lowest BCUT2D eigenvalue weighted by Gasteiger charge is -2.30. The number of benzene rings is 1. The number of nitrogens with zero attached hydrogens (tertiary/aromatic N) is 1. The molecule has 21 heavy (non-hydrogen) atoms. The Morgan fingerprint density at radius 3 is 2.52 bits per heavy atom. The van der Waals surface area contributed by atoms with Crippen molar-refractivity contribution in [3.63, 3.8) is 0 Å². The first-order valence-electron chi connectivity index (χ1n) is 7.32. The molecule has 0 unspecified atom stereocenters. The number of halogens is 1. The number of rotatable bonds is 5. The number of hydrogen-bond donors (Lipinski definition) is 1. The van der Waals surface area contributed by atoms with Crippen molar-refractivity contribution in [3.8, 4) is 0 Å². The fraction of sp³-hybridized carbons (Fsp3) is 0.600. The Hall–Kier alpha value is -0.620. The van der Waals surface area contributed by atoms with Gasteiger partial charge in [-0.05, 0) is 30.5 Å². The van der Waals surface area contributed by atoms with Crippen LogP contribution in [-0.2, 0) is 15.6 Å². The SMILES string of the molecule is CC(C)(CNS(=O)(=O)N1CCCCC1)c1cccc(Cl)c1. The second-order valence-corrected chi connectivity index (χ2v) is 8.37. The van der Waals surface area contributed by atoms with Crippen LogP contribution in [0, 0.1) is 0 Å². The highest BCUT2D eigenvalue weighted by molar-refractivity contribution is 7.87. The Morgan fingerprint density at radius 1 is 1.24 bits per heavy atom. The van der Waals surface area contributed by atoms with Gasteiger partial charge in [0, 0.05) is 30.1 Å². The summed E-state index contributed by atoms with van der Waals surface area (Å²) in [5.74, 6) is 0. The van der Waals surface area contributed by atoms with Crippen LogP contribution in [0.4, 0.5) is 0 Å². The molecule has 0 aromatic heterocycles. The molecular formula is C15H23ClN2O2S. The van der Waals surface area contributed by atoms with E-state index >= 15 is 0 Å². The van der Waals surface area contributed by atoms with Gasteiger partial charge in [-0.1, -0.05) is 44.0 Å². The molecule has 1 N–H and O–H groups in total. The molecule has 0 amide bonds. The standard InChI is InChI=1S/C15H23ClN2O2S/c1-15(2,13-7-6-8-14(16)11-13)12-17-21(19,20)18-9-4-3-5-10-18/h6-8,11,17H,3-5,9-10,12H2,1-2H3. The van der Waals surface area contributed by atoms with Crippen LogP contribution in [0.1, 0.15) is 38.7 Å². The van der Waals surface area contributed by atoms with Gasteiger partial charge in [0.15, 0.2) is 0 Å². The fourth-order valence-electron chi connectivity index (χ4n) is 2.48. The Bertz CT molecular complexity index is 581. The molecule has 2 rings (SSSR count). The summed E-state index contributed by atoms with van der Waals surface area (Å²) in [5.41, 5.74) is 0.713. The molecule has 0 spiro atoms. The summed E-state index contributed by atoms with van der Waals surface area (Å²) in [6.45, 7) is 5.61. The van der Waals surface area contributed by atoms with E-state index in [4.69, 9.17) is 11.6 Å². The molecule has 4 nitrogen and oxygen atoms in total. The molecule has 1 aliphatic heterocycles. The largest absolute Gasteiger partial charge is 0.279 e. The van der Waals surface area contributed by atoms with Crippen LogP contribution < -0.4 is 4.72 Å². The Morgan fingerprint density at radius 2 is 1.90 bits per heavy atom. The fourth-order valence-corrected chi connectivity index (χ4v) is 4.13. The minimum absolute atomic E-state index is 0.312. The molecule has 0 bridgehead atoms. The van der Waals surface area contributed by atoms with Gasteiger partial charge in [-0.2, -0.15) is 12.7 Å². The summed E-state index contributed by atoms with van der Waals surface area (Å²) >= 11 is 6.02. The maximum Gasteiger partial charge on any atom is 0.279 e. The molecule has 0 atom stereocenters. The quantitative estimate of drug-likeness (QED) is 0.902. The molecular weight excluding hydrogens is 308 g/mol. The summed E-state index contributed by atoms with van der Waals surface area (Å²) in [4.78, 5) is 0. The average Bonchev–Trinajstić information content (AvgIpc) is 2.46. The van der Waals surface area contributed by atoms with Crippen molar-refractivity contribution in [2.45, 2.75) is 38.5 Å². The lowest BCUT2D eigenvalue weighted by molar-refractivity contribution is 0.338. The normalized spacial score (nSPS) is 17.9. The van der Waals surface area contributed by atoms with Gasteiger partial charge in [-0.25, -0.2) is 4.72 Å². The first-order chi connectivity index (χ1) is 9.81. The van der Waals surface area contributed by atoms with Crippen LogP contribution in [-0.4, -0.2) is 32.4 Å². The van der Waals surface area contributed by atoms with Gasteiger partial charge in [-0.15, -0.1) is 0 Å². The summed E-state index contributed by atoms with van der Waals surface area (Å²) in [5, 5.41) is 0.666. The van der Waals surface area contributed by atoms with Crippen molar-refractivity contribution in [2.75, 3.05) is 19.6 Å². The summed E-state index contributed by atoms with van der Waals surface area (Å²) < 4.78 is 28.9. The molecule has 0 radical (unpaired) electrons. The molecule has 1 aromatic carbocycles. The summed E-state index contributed by atoms with van der Waals surface area (Å²) in [7, 11) is -3.38. The van der Waals surface area contributed by atoms with Crippen molar-refractivity contribution < 1.29 is 8.42 Å². The smallest absolute Gasteiger partial charge is 0.201 e. The highest BCUT2D eigenvalue weighted by Gasteiger charge is 2.28. The van der Waals surface area contributed by atoms with E-state index in [1.165, 1.54) is 0 Å². The van der Waals surface area contributed by atoms with E-state index in [0.29, 0.717) is 24.7 Å². The van der Waals surface area contributed by atoms with Crippen LogP contribution in [0.25, 0.3) is 0 Å². The second-order valence-electron chi connectivity index (χ2n) is 6.18. The van der Waals surface area contributed by atoms with Crippen LogP contribution in [0.2, 0.25) is 5.02 Å². The van der Waals surface area contributed by atoms with Crippen LogP contribution >= 0.6 is 11.6 Å². The molecule has 1 aromatic rings. The second kappa shape index (κ2) is 6.65. The third-order valence-electron chi connectivity index (χ3n) is 3.96. The van der Waals surface area contributed by atoms with Gasteiger partial charge < -0.3 is 0 Å². The molecule has 1 aliphatic rings. The van der Waals surface area contributed by atoms with E-state index in [2.05, 4.69) is 4.72 Å². The molecule has 1 fully saturated rings. The Labute approximate surface area is 132 Å². The average molecular weight is 331 g/mol. The van der Waals surface area contributed by atoms with E-state index < -0.39 is 10.2 Å². The van der Waals surface area contributed by atoms with E-state index in [1.54, 1.807) is 4.31 Å². The van der Waals surface area contributed by atoms with Crippen LogP contribution in [0.5, 0.6) is 0 Å². The van der Waals surface area contributed by atoms with Gasteiger partial charge in [0.05, 0.1) is 0 Å². The van der Waals surface area contributed by atoms with Crippen LogP contribution in [0.15, 0.2) is 24.3 Å². The number of piperidine rings is 1. The van der Waals surface area contributed by atoms with E-state index in [-0.39, 0.29) is 5.41 Å². The van der Waals surface area contributed by atoms with Gasteiger partial charge >= 0.3 is 0 Å². The van der Waals surface area contributed by atoms with Crippen molar-refractivity contribution in [1.29, 1.82) is 0 Å². The number of nitrogens with one attached hydrogen (secondary N) is 1. The third kappa shape index (κ3) is 4.42. The zero-order chi connectivity index (χ0) is 15.5. The molecule has 0 aliphatic carbocycles. The van der Waals surface area contributed by atoms with Gasteiger partial charge in [0.25, 0.3) is 10.2 Å². The zero-order valence-electron chi connectivity index (χ0n) is 12.6. The van der Waals surface area contributed by atoms with Crippen LogP contribution in [0.3, 0.4) is 0 Å². The molecule has 6 heteroatoms. The lowest BCUT2D eigenvalue weighted by Crippen LogP contribution is -2.46. The van der Waals surface area contributed by atoms with Gasteiger partial charge in [0.2, 0.25) is 0 Å². The highest BCUT2D eigenvalue weighted by atomic mass is 35.5. The highest BCUT2D eigenvalue weighted by Crippen LogP contribution is 2.25. The Kier molecular flexibility index (Phi) is 5.30. The maximum absolute atomic E-state index is 12.3. The molecule has 0 saturated carbocycles. The molecule has 1 saturated heterocycles. The topological polar surface area (TPSA) is 49.4 Å². The van der Waals surface area contributed by atoms with Crippen molar-refractivity contribution in [1.82, 2.24) is 9.03 Å². The first-order valence-corrected chi connectivity index (χ1v) is 9.14. The predicted octanol–water partition coefficient (Wildman–Crippen LogP) is 2.94. The number of hydrogen-bond acceptors (Lipinski definition) is 2. The minimum Gasteiger partial charge on any atom is -0.201 e. The van der Waals surface area contributed by atoms with E-state index in [1.807, 2.05) is 38.1 Å². The van der Waals surface area contributed by atoms with Gasteiger partial charge in [0.1, 0.15) is 0 Å². The molecule has 1 heterocycles. The Balaban J connectivity index is 2.03. The lowest BCUT2D eigenvalue weighted by atomic mass is 9.85. The van der Waals surface area contributed by atoms with Crippen molar-refractivity contribution in [3.05, 3.63) is 34.9 Å². The van der Waals surface area contributed by atoms with Gasteiger partial charge in [-0.3, -0.25) is 0 Å². The van der Waals surface area contributed by atoms with Crippen molar-refractivity contribution >= 4 is 21.8 Å². The van der Waals surface area contributed by atoms with E-state index in [0.717, 1.165) is 24.8 Å². The summed E-state index contributed by atoms with van der Waals surface area (Å²) in [6.07, 6.45) is 3.00. The van der Waals surface area contributed by atoms with Crippen molar-refractivity contribution in [2.24, 2.45) is 0 Å². The first kappa shape index (κ1) is 16.7. The third-order valence-corrected chi connectivity index (χ3v) is 5.75. The molecule has 118 valence electrons. The maximum atomic E-state index is 12.3. The van der Waals surface area contributed by atoms with E-state index in [9.17, 15) is 8.42 Å². The minimum atomic E-state index is -3.38. The zero-order valence-corrected chi connectivity index (χ0v) is 14.2.